The molecule has 1 aromatic carbocycles. The molecule has 18 heavy (non-hydrogen) atoms. The van der Waals surface area contributed by atoms with E-state index in [0.29, 0.717) is 11.3 Å². The lowest BCUT2D eigenvalue weighted by Gasteiger charge is -2.06. The monoisotopic (exact) mass is 278 g/mol. The largest absolute Gasteiger partial charge is 0.497 e. The van der Waals surface area contributed by atoms with Crippen molar-refractivity contribution in [2.75, 3.05) is 20.3 Å². The van der Waals surface area contributed by atoms with E-state index in [4.69, 9.17) is 16.3 Å². The van der Waals surface area contributed by atoms with E-state index < -0.39 is 13.0 Å². The van der Waals surface area contributed by atoms with E-state index in [1.54, 1.807) is 6.07 Å². The molecule has 0 fully saturated rings. The van der Waals surface area contributed by atoms with Gasteiger partial charge in [0.2, 0.25) is 0 Å². The fourth-order valence-corrected chi connectivity index (χ4v) is 1.60. The van der Waals surface area contributed by atoms with Gasteiger partial charge in [-0.15, -0.1) is 0 Å². The second-order valence-electron chi connectivity index (χ2n) is 3.48. The third-order valence-electron chi connectivity index (χ3n) is 2.19. The van der Waals surface area contributed by atoms with Crippen molar-refractivity contribution in [2.24, 2.45) is 0 Å². The number of hydrogen-bond acceptors (Lipinski definition) is 3. The van der Waals surface area contributed by atoms with Crippen LogP contribution in [-0.4, -0.2) is 32.5 Å². The number of methoxy groups -OCH3 is 1. The van der Waals surface area contributed by atoms with E-state index in [9.17, 15) is 13.6 Å². The van der Waals surface area contributed by atoms with E-state index in [0.717, 1.165) is 0 Å². The number of Topliss-reactive ketones (excluding diaryl/α,β-unsaturated/α-hetero) is 1. The fourth-order valence-electron chi connectivity index (χ4n) is 1.32. The van der Waals surface area contributed by atoms with Gasteiger partial charge in [0.05, 0.1) is 18.7 Å². The highest BCUT2D eigenvalue weighted by molar-refractivity contribution is 6.34. The Morgan fingerprint density at radius 2 is 2.17 bits per heavy atom. The maximum Gasteiger partial charge on any atom is 0.261 e. The second kappa shape index (κ2) is 7.28. The third kappa shape index (κ3) is 4.58. The lowest BCUT2D eigenvalue weighted by molar-refractivity contribution is 0.0170. The Hall–Kier alpha value is -1.20. The molecule has 0 unspecified atom stereocenters. The van der Waals surface area contributed by atoms with Crippen LogP contribution >= 0.6 is 11.6 Å². The van der Waals surface area contributed by atoms with Crippen LogP contribution in [0, 0.1) is 0 Å². The number of carbonyl (C=O) groups excluding carboxylic acids is 1. The number of rotatable bonds is 7. The molecule has 0 aromatic heterocycles. The molecule has 1 rings (SSSR count). The van der Waals surface area contributed by atoms with E-state index in [1.807, 2.05) is 0 Å². The molecule has 0 saturated heterocycles. The first-order valence-corrected chi connectivity index (χ1v) is 5.65. The van der Waals surface area contributed by atoms with Gasteiger partial charge < -0.3 is 9.47 Å². The number of ketones is 1. The first-order chi connectivity index (χ1) is 8.54. The topological polar surface area (TPSA) is 35.5 Å². The van der Waals surface area contributed by atoms with Gasteiger partial charge in [0.15, 0.2) is 5.78 Å². The van der Waals surface area contributed by atoms with Crippen molar-refractivity contribution in [1.29, 1.82) is 0 Å². The molecule has 0 radical (unpaired) electrons. The Morgan fingerprint density at radius 1 is 1.44 bits per heavy atom. The molecule has 0 spiro atoms. The molecular weight excluding hydrogens is 266 g/mol. The second-order valence-corrected chi connectivity index (χ2v) is 3.89. The fraction of sp³-hybridized carbons (Fsp3) is 0.417. The van der Waals surface area contributed by atoms with E-state index in [2.05, 4.69) is 4.74 Å². The van der Waals surface area contributed by atoms with Gasteiger partial charge in [0.1, 0.15) is 12.4 Å². The van der Waals surface area contributed by atoms with Crippen LogP contribution in [0.25, 0.3) is 0 Å². The Kier molecular flexibility index (Phi) is 6.01. The lowest BCUT2D eigenvalue weighted by atomic mass is 10.1. The van der Waals surface area contributed by atoms with E-state index in [-0.39, 0.29) is 23.8 Å². The standard InChI is InChI=1S/C12H13ClF2O3/c1-17-8-2-3-9(10(13)6-8)11(16)4-5-18-7-12(14)15/h2-3,6,12H,4-5,7H2,1H3. The van der Waals surface area contributed by atoms with Crippen LogP contribution in [0.2, 0.25) is 5.02 Å². The van der Waals surface area contributed by atoms with Crippen molar-refractivity contribution in [1.82, 2.24) is 0 Å². The van der Waals surface area contributed by atoms with Crippen LogP contribution in [-0.2, 0) is 4.74 Å². The molecular formula is C12H13ClF2O3. The van der Waals surface area contributed by atoms with Gasteiger partial charge in [-0.2, -0.15) is 0 Å². The minimum absolute atomic E-state index is 0.0127. The van der Waals surface area contributed by atoms with Crippen molar-refractivity contribution in [3.63, 3.8) is 0 Å². The zero-order valence-corrected chi connectivity index (χ0v) is 10.5. The molecule has 0 aliphatic carbocycles. The van der Waals surface area contributed by atoms with Gasteiger partial charge in [0, 0.05) is 12.0 Å². The zero-order chi connectivity index (χ0) is 13.5. The molecule has 0 atom stereocenters. The summed E-state index contributed by atoms with van der Waals surface area (Å²) in [5.41, 5.74) is 0.332. The van der Waals surface area contributed by atoms with Crippen molar-refractivity contribution in [3.05, 3.63) is 28.8 Å². The summed E-state index contributed by atoms with van der Waals surface area (Å²) < 4.78 is 33.2. The minimum Gasteiger partial charge on any atom is -0.497 e. The van der Waals surface area contributed by atoms with Gasteiger partial charge in [0.25, 0.3) is 6.43 Å². The maximum absolute atomic E-state index is 11.8. The van der Waals surface area contributed by atoms with Crippen molar-refractivity contribution < 1.29 is 23.0 Å². The number of halogens is 3. The first kappa shape index (κ1) is 14.9. The van der Waals surface area contributed by atoms with Crippen molar-refractivity contribution >= 4 is 17.4 Å². The Balaban J connectivity index is 2.51. The minimum atomic E-state index is -2.52. The van der Waals surface area contributed by atoms with Crippen LogP contribution in [0.15, 0.2) is 18.2 Å². The SMILES string of the molecule is COc1ccc(C(=O)CCOCC(F)F)c(Cl)c1. The maximum atomic E-state index is 11.8. The van der Waals surface area contributed by atoms with Crippen molar-refractivity contribution in [2.45, 2.75) is 12.8 Å². The number of ether oxygens (including phenoxy) is 2. The van der Waals surface area contributed by atoms with E-state index in [1.165, 1.54) is 19.2 Å². The summed E-state index contributed by atoms with van der Waals surface area (Å²) in [4.78, 5) is 11.7. The summed E-state index contributed by atoms with van der Waals surface area (Å²) >= 11 is 5.90. The van der Waals surface area contributed by atoms with Gasteiger partial charge >= 0.3 is 0 Å². The number of benzene rings is 1. The summed E-state index contributed by atoms with van der Waals surface area (Å²) in [6.07, 6.45) is -2.51. The highest BCUT2D eigenvalue weighted by atomic mass is 35.5. The highest BCUT2D eigenvalue weighted by Crippen LogP contribution is 2.23. The van der Waals surface area contributed by atoms with Crippen LogP contribution in [0.1, 0.15) is 16.8 Å². The number of carbonyl (C=O) groups is 1. The molecule has 1 aromatic rings. The smallest absolute Gasteiger partial charge is 0.261 e. The Morgan fingerprint density at radius 3 is 2.72 bits per heavy atom. The van der Waals surface area contributed by atoms with Crippen LogP contribution in [0.3, 0.4) is 0 Å². The normalized spacial score (nSPS) is 10.7. The predicted octanol–water partition coefficient (Wildman–Crippen LogP) is 3.20. The third-order valence-corrected chi connectivity index (χ3v) is 2.51. The quantitative estimate of drug-likeness (QED) is 0.567. The molecule has 0 saturated carbocycles. The molecule has 100 valence electrons. The summed E-state index contributed by atoms with van der Waals surface area (Å²) in [7, 11) is 1.49. The van der Waals surface area contributed by atoms with Crippen LogP contribution in [0.5, 0.6) is 5.75 Å². The van der Waals surface area contributed by atoms with Crippen LogP contribution < -0.4 is 4.74 Å². The van der Waals surface area contributed by atoms with E-state index >= 15 is 0 Å². The first-order valence-electron chi connectivity index (χ1n) is 5.27. The average molecular weight is 279 g/mol. The molecule has 3 nitrogen and oxygen atoms in total. The predicted molar refractivity (Wildman–Crippen MR) is 63.8 cm³/mol. The number of hydrogen-bond donors (Lipinski definition) is 0. The molecule has 0 aliphatic heterocycles. The zero-order valence-electron chi connectivity index (χ0n) is 9.79. The average Bonchev–Trinajstić information content (AvgIpc) is 2.33. The summed E-state index contributed by atoms with van der Waals surface area (Å²) in [5.74, 6) is 0.294. The van der Waals surface area contributed by atoms with Gasteiger partial charge in [-0.05, 0) is 18.2 Å². The summed E-state index contributed by atoms with van der Waals surface area (Å²) in [6, 6.07) is 4.67. The van der Waals surface area contributed by atoms with Gasteiger partial charge in [-0.1, -0.05) is 11.6 Å². The summed E-state index contributed by atoms with van der Waals surface area (Å²) in [6.45, 7) is -0.713. The van der Waals surface area contributed by atoms with Gasteiger partial charge in [-0.25, -0.2) is 8.78 Å². The molecule has 0 N–H and O–H groups in total. The molecule has 6 heteroatoms. The lowest BCUT2D eigenvalue weighted by Crippen LogP contribution is -2.09. The number of alkyl halides is 2. The van der Waals surface area contributed by atoms with Crippen molar-refractivity contribution in [3.8, 4) is 5.75 Å². The highest BCUT2D eigenvalue weighted by Gasteiger charge is 2.11. The Labute approximate surface area is 109 Å². The summed E-state index contributed by atoms with van der Waals surface area (Å²) in [5, 5.41) is 0.271. The molecule has 0 aliphatic rings. The molecule has 0 amide bonds. The van der Waals surface area contributed by atoms with Gasteiger partial charge in [-0.3, -0.25) is 4.79 Å². The molecule has 0 heterocycles. The molecule has 0 bridgehead atoms. The van der Waals surface area contributed by atoms with Crippen LogP contribution in [0.4, 0.5) is 8.78 Å². The Bertz CT molecular complexity index is 410.